The summed E-state index contributed by atoms with van der Waals surface area (Å²) in [6.45, 7) is 2.34. The summed E-state index contributed by atoms with van der Waals surface area (Å²) >= 11 is 1.51. The van der Waals surface area contributed by atoms with E-state index in [9.17, 15) is 9.59 Å². The van der Waals surface area contributed by atoms with E-state index in [1.54, 1.807) is 37.3 Å². The van der Waals surface area contributed by atoms with E-state index >= 15 is 0 Å². The van der Waals surface area contributed by atoms with Crippen LogP contribution in [-0.4, -0.2) is 38.7 Å². The molecule has 3 aromatic rings. The molecule has 0 aliphatic heterocycles. The minimum atomic E-state index is -0.955. The lowest BCUT2D eigenvalue weighted by molar-refractivity contribution is -0.127. The molecule has 1 atom stereocenters. The average molecular weight is 537 g/mol. The molecule has 1 N–H and O–H groups in total. The third-order valence-corrected chi connectivity index (χ3v) is 7.64. The molecule has 38 heavy (non-hydrogen) atoms. The second-order valence-electron chi connectivity index (χ2n) is 9.31. The van der Waals surface area contributed by atoms with E-state index in [2.05, 4.69) is 5.32 Å². The molecule has 0 radical (unpaired) electrons. The van der Waals surface area contributed by atoms with E-state index < -0.39 is 6.04 Å². The summed E-state index contributed by atoms with van der Waals surface area (Å²) < 4.78 is 17.0. The van der Waals surface area contributed by atoms with Gasteiger partial charge in [-0.3, -0.25) is 14.5 Å². The Bertz CT molecular complexity index is 1180. The van der Waals surface area contributed by atoms with Gasteiger partial charge in [0.05, 0.1) is 32.9 Å². The highest BCUT2D eigenvalue weighted by Gasteiger charge is 2.36. The number of thiophene rings is 1. The first-order valence-electron chi connectivity index (χ1n) is 13.1. The summed E-state index contributed by atoms with van der Waals surface area (Å²) in [5, 5.41) is 5.20. The molecule has 1 saturated carbocycles. The summed E-state index contributed by atoms with van der Waals surface area (Å²) in [6, 6.07) is 15.7. The van der Waals surface area contributed by atoms with Crippen LogP contribution < -0.4 is 24.4 Å². The van der Waals surface area contributed by atoms with Crippen molar-refractivity contribution in [2.45, 2.75) is 57.5 Å². The van der Waals surface area contributed by atoms with Gasteiger partial charge in [-0.05, 0) is 37.3 Å². The molecule has 0 bridgehead atoms. The van der Waals surface area contributed by atoms with Gasteiger partial charge in [0.25, 0.3) is 0 Å². The van der Waals surface area contributed by atoms with Gasteiger partial charge < -0.3 is 19.5 Å². The summed E-state index contributed by atoms with van der Waals surface area (Å²) in [4.78, 5) is 30.8. The molecule has 2 amide bonds. The maximum atomic E-state index is 14.2. The van der Waals surface area contributed by atoms with E-state index in [1.807, 2.05) is 48.7 Å². The highest BCUT2D eigenvalue weighted by molar-refractivity contribution is 7.10. The topological polar surface area (TPSA) is 77.1 Å². The Labute approximate surface area is 228 Å². The Kier molecular flexibility index (Phi) is 9.65. The Hall–Kier alpha value is -3.52. The minimum Gasteiger partial charge on any atom is -0.497 e. The number of carbonyl (C=O) groups excluding carboxylic acids is 2. The molecule has 1 aromatic heterocycles. The number of methoxy groups -OCH3 is 2. The van der Waals surface area contributed by atoms with Gasteiger partial charge in [-0.15, -0.1) is 11.3 Å². The van der Waals surface area contributed by atoms with Crippen LogP contribution in [0.4, 0.5) is 5.69 Å². The van der Waals surface area contributed by atoms with Crippen molar-refractivity contribution in [2.75, 3.05) is 25.7 Å². The van der Waals surface area contributed by atoms with Gasteiger partial charge in [0.1, 0.15) is 23.3 Å². The van der Waals surface area contributed by atoms with Crippen molar-refractivity contribution in [3.05, 3.63) is 70.4 Å². The molecule has 1 unspecified atom stereocenters. The van der Waals surface area contributed by atoms with Crippen LogP contribution in [0, 0.1) is 0 Å². The predicted molar refractivity (Wildman–Crippen MR) is 150 cm³/mol. The molecule has 0 spiro atoms. The minimum absolute atomic E-state index is 0.0760. The highest BCUT2D eigenvalue weighted by atomic mass is 32.1. The smallest absolute Gasteiger partial charge is 0.248 e. The van der Waals surface area contributed by atoms with E-state index in [1.165, 1.54) is 17.8 Å². The quantitative estimate of drug-likeness (QED) is 0.329. The number of hydrogen-bond acceptors (Lipinski definition) is 6. The fourth-order valence-electron chi connectivity index (χ4n) is 4.93. The Morgan fingerprint density at radius 3 is 2.34 bits per heavy atom. The van der Waals surface area contributed by atoms with E-state index in [0.29, 0.717) is 35.1 Å². The third-order valence-electron chi connectivity index (χ3n) is 6.76. The van der Waals surface area contributed by atoms with Crippen molar-refractivity contribution in [3.63, 3.8) is 0 Å². The lowest BCUT2D eigenvalue weighted by atomic mass is 9.94. The molecule has 4 rings (SSSR count). The molecular weight excluding hydrogens is 500 g/mol. The van der Waals surface area contributed by atoms with Gasteiger partial charge in [0, 0.05) is 34.7 Å². The van der Waals surface area contributed by atoms with Crippen LogP contribution in [0.2, 0.25) is 0 Å². The van der Waals surface area contributed by atoms with Crippen LogP contribution in [0.5, 0.6) is 17.2 Å². The largest absolute Gasteiger partial charge is 0.497 e. The first-order valence-corrected chi connectivity index (χ1v) is 14.0. The Morgan fingerprint density at radius 1 is 1.00 bits per heavy atom. The molecular formula is C30H36N2O5S. The number of ether oxygens (including phenoxy) is 3. The van der Waals surface area contributed by atoms with Crippen molar-refractivity contribution in [3.8, 4) is 17.2 Å². The lowest BCUT2D eigenvalue weighted by Crippen LogP contribution is -2.47. The fraction of sp³-hybridized carbons (Fsp3) is 0.400. The van der Waals surface area contributed by atoms with Crippen LogP contribution in [0.15, 0.2) is 60.0 Å². The van der Waals surface area contributed by atoms with Crippen LogP contribution in [0.3, 0.4) is 0 Å². The number of amides is 2. The standard InChI is InChI=1S/C30H36N2O5S/c1-4-37-27-15-9-8-14-26(27)29(30(34)31-21-11-6-5-7-12-21)32(28(33)20-25-13-10-16-38-25)22-17-23(35-2)19-24(18-22)36-3/h8-10,13-19,21,29H,4-7,11-12,20H2,1-3H3,(H,31,34). The van der Waals surface area contributed by atoms with Crippen molar-refractivity contribution in [1.82, 2.24) is 5.32 Å². The van der Waals surface area contributed by atoms with E-state index in [4.69, 9.17) is 14.2 Å². The monoisotopic (exact) mass is 536 g/mol. The molecule has 2 aromatic carbocycles. The average Bonchev–Trinajstić information content (AvgIpc) is 3.45. The lowest BCUT2D eigenvalue weighted by Gasteiger charge is -2.34. The zero-order valence-corrected chi connectivity index (χ0v) is 23.1. The number of nitrogens with zero attached hydrogens (tertiary/aromatic N) is 1. The first-order chi connectivity index (χ1) is 18.5. The van der Waals surface area contributed by atoms with E-state index in [0.717, 1.165) is 30.6 Å². The predicted octanol–water partition coefficient (Wildman–Crippen LogP) is 5.93. The molecule has 7 nitrogen and oxygen atoms in total. The molecule has 1 fully saturated rings. The third kappa shape index (κ3) is 6.67. The summed E-state index contributed by atoms with van der Waals surface area (Å²) in [5.41, 5.74) is 1.14. The van der Waals surface area contributed by atoms with Gasteiger partial charge in [-0.25, -0.2) is 0 Å². The zero-order valence-electron chi connectivity index (χ0n) is 22.3. The maximum absolute atomic E-state index is 14.2. The van der Waals surface area contributed by atoms with Gasteiger partial charge in [0.15, 0.2) is 0 Å². The summed E-state index contributed by atoms with van der Waals surface area (Å²) in [6.07, 6.45) is 5.36. The number of hydrogen-bond donors (Lipinski definition) is 1. The molecule has 0 saturated heterocycles. The number of carbonyl (C=O) groups is 2. The number of nitrogens with one attached hydrogen (secondary N) is 1. The maximum Gasteiger partial charge on any atom is 0.248 e. The first kappa shape index (κ1) is 27.5. The number of para-hydroxylation sites is 1. The fourth-order valence-corrected chi connectivity index (χ4v) is 5.63. The number of anilines is 1. The van der Waals surface area contributed by atoms with Crippen LogP contribution in [0.25, 0.3) is 0 Å². The number of benzene rings is 2. The summed E-state index contributed by atoms with van der Waals surface area (Å²) in [5.74, 6) is 1.18. The van der Waals surface area contributed by atoms with Crippen LogP contribution in [-0.2, 0) is 16.0 Å². The van der Waals surface area contributed by atoms with E-state index in [-0.39, 0.29) is 24.3 Å². The van der Waals surface area contributed by atoms with Crippen molar-refractivity contribution in [2.24, 2.45) is 0 Å². The van der Waals surface area contributed by atoms with Crippen LogP contribution in [0.1, 0.15) is 55.5 Å². The molecule has 1 aliphatic rings. The van der Waals surface area contributed by atoms with Gasteiger partial charge in [-0.2, -0.15) is 0 Å². The Balaban J connectivity index is 1.85. The number of rotatable bonds is 11. The Morgan fingerprint density at radius 2 is 1.71 bits per heavy atom. The highest BCUT2D eigenvalue weighted by Crippen LogP contribution is 2.38. The van der Waals surface area contributed by atoms with Crippen molar-refractivity contribution in [1.29, 1.82) is 0 Å². The SMILES string of the molecule is CCOc1ccccc1C(C(=O)NC1CCCCC1)N(C(=O)Cc1cccs1)c1cc(OC)cc(OC)c1. The molecule has 202 valence electrons. The molecule has 1 aliphatic carbocycles. The van der Waals surface area contributed by atoms with Gasteiger partial charge >= 0.3 is 0 Å². The summed E-state index contributed by atoms with van der Waals surface area (Å²) in [7, 11) is 3.13. The van der Waals surface area contributed by atoms with Crippen molar-refractivity contribution < 1.29 is 23.8 Å². The second-order valence-corrected chi connectivity index (χ2v) is 10.3. The van der Waals surface area contributed by atoms with Gasteiger partial charge in [0.2, 0.25) is 11.8 Å². The van der Waals surface area contributed by atoms with Crippen molar-refractivity contribution >= 4 is 28.8 Å². The normalized spacial score (nSPS) is 14.4. The van der Waals surface area contributed by atoms with Gasteiger partial charge in [-0.1, -0.05) is 43.5 Å². The molecule has 8 heteroatoms. The van der Waals surface area contributed by atoms with Crippen LogP contribution >= 0.6 is 11.3 Å². The zero-order chi connectivity index (χ0) is 26.9. The molecule has 1 heterocycles. The second kappa shape index (κ2) is 13.3.